The number of imide groups is 1. The van der Waals surface area contributed by atoms with Crippen molar-refractivity contribution in [3.63, 3.8) is 0 Å². The summed E-state index contributed by atoms with van der Waals surface area (Å²) in [5, 5.41) is 14.9. The van der Waals surface area contributed by atoms with Crippen LogP contribution in [0.1, 0.15) is 70.8 Å². The highest BCUT2D eigenvalue weighted by molar-refractivity contribution is 6.09. The number of likely N-dealkylation sites (tertiary alicyclic amines) is 1. The van der Waals surface area contributed by atoms with Crippen LogP contribution in [0.2, 0.25) is 0 Å². The summed E-state index contributed by atoms with van der Waals surface area (Å²) in [6, 6.07) is 10.5. The van der Waals surface area contributed by atoms with Crippen LogP contribution in [-0.2, 0) is 16.1 Å². The number of ether oxygens (including phenoxy) is 1. The molecule has 4 aliphatic heterocycles. The molecule has 0 radical (unpaired) electrons. The predicted molar refractivity (Wildman–Crippen MR) is 204 cm³/mol. The van der Waals surface area contributed by atoms with Gasteiger partial charge in [-0.2, -0.15) is 10.2 Å². The number of benzene rings is 2. The molecule has 15 nitrogen and oxygen atoms in total. The third kappa shape index (κ3) is 7.38. The second-order valence-electron chi connectivity index (χ2n) is 15.3. The predicted octanol–water partition coefficient (Wildman–Crippen LogP) is 4.29. The second-order valence-corrected chi connectivity index (χ2v) is 15.3. The number of alkyl halides is 2. The Morgan fingerprint density at radius 3 is 2.63 bits per heavy atom. The summed E-state index contributed by atoms with van der Waals surface area (Å²) in [5.41, 5.74) is 4.08. The second kappa shape index (κ2) is 15.2. The first-order valence-corrected chi connectivity index (χ1v) is 19.5. The Bertz CT molecular complexity index is 2360. The lowest BCUT2D eigenvalue weighted by atomic mass is 9.94. The minimum Gasteiger partial charge on any atom is -0.485 e. The smallest absolute Gasteiger partial charge is 0.272 e. The Hall–Kier alpha value is -5.97. The molecule has 17 heteroatoms. The molecule has 2 N–H and O–H groups in total. The molecule has 57 heavy (non-hydrogen) atoms. The summed E-state index contributed by atoms with van der Waals surface area (Å²) in [7, 11) is 0. The number of nitrogens with one attached hydrogen (secondary N) is 2. The number of fused-ring (bicyclic) bond motifs is 3. The average Bonchev–Trinajstić information content (AvgIpc) is 3.92. The number of carbonyl (C=O) groups excluding carboxylic acids is 4. The SMILES string of the molecule is O=C1CCC(N2Cc3cc(N4CCC(CN5CCC(n6cc7cc(NC(=O)c8cnn9cccnc89)c(OCC(F)F)cc7n6)CC5)CC4)ccc3C2=O)C(=O)N1. The van der Waals surface area contributed by atoms with E-state index >= 15 is 0 Å². The third-order valence-corrected chi connectivity index (χ3v) is 11.7. The molecule has 0 bridgehead atoms. The van der Waals surface area contributed by atoms with Crippen molar-refractivity contribution < 1.29 is 32.7 Å². The zero-order valence-corrected chi connectivity index (χ0v) is 31.2. The van der Waals surface area contributed by atoms with Crippen LogP contribution in [0.3, 0.4) is 0 Å². The van der Waals surface area contributed by atoms with Crippen LogP contribution in [0.5, 0.6) is 5.75 Å². The molecule has 296 valence electrons. The van der Waals surface area contributed by atoms with Crippen LogP contribution in [0.4, 0.5) is 20.2 Å². The molecule has 0 saturated carbocycles. The third-order valence-electron chi connectivity index (χ3n) is 11.7. The Kier molecular flexibility index (Phi) is 9.76. The lowest BCUT2D eigenvalue weighted by Gasteiger charge is -2.38. The maximum atomic E-state index is 13.3. The van der Waals surface area contributed by atoms with Crippen molar-refractivity contribution in [3.8, 4) is 5.75 Å². The fourth-order valence-electron chi connectivity index (χ4n) is 8.67. The van der Waals surface area contributed by atoms with Gasteiger partial charge in [0.05, 0.1) is 23.4 Å². The number of aromatic nitrogens is 5. The van der Waals surface area contributed by atoms with Crippen molar-refractivity contribution in [2.45, 2.75) is 63.6 Å². The van der Waals surface area contributed by atoms with E-state index in [0.29, 0.717) is 35.6 Å². The van der Waals surface area contributed by atoms with Crippen molar-refractivity contribution in [1.29, 1.82) is 0 Å². The highest BCUT2D eigenvalue weighted by Crippen LogP contribution is 2.35. The van der Waals surface area contributed by atoms with E-state index in [1.165, 1.54) is 10.7 Å². The number of carbonyl (C=O) groups is 4. The Morgan fingerprint density at radius 2 is 1.84 bits per heavy atom. The Labute approximate surface area is 325 Å². The number of hydrogen-bond donors (Lipinski definition) is 2. The molecule has 9 rings (SSSR count). The number of rotatable bonds is 10. The molecule has 5 aromatic rings. The largest absolute Gasteiger partial charge is 0.485 e. The minimum absolute atomic E-state index is 0.106. The van der Waals surface area contributed by atoms with Crippen LogP contribution >= 0.6 is 0 Å². The summed E-state index contributed by atoms with van der Waals surface area (Å²) in [4.78, 5) is 61.2. The van der Waals surface area contributed by atoms with Gasteiger partial charge in [0.15, 0.2) is 5.65 Å². The highest BCUT2D eigenvalue weighted by Gasteiger charge is 2.39. The molecule has 3 fully saturated rings. The molecular weight excluding hydrogens is 739 g/mol. The molecule has 3 saturated heterocycles. The Morgan fingerprint density at radius 1 is 1.02 bits per heavy atom. The zero-order valence-electron chi connectivity index (χ0n) is 31.2. The van der Waals surface area contributed by atoms with Crippen LogP contribution < -0.4 is 20.3 Å². The topological polar surface area (TPSA) is 159 Å². The molecule has 4 amide bonds. The number of nitrogens with zero attached hydrogens (tertiary/aromatic N) is 8. The van der Waals surface area contributed by atoms with Crippen LogP contribution in [0.15, 0.2) is 61.2 Å². The summed E-state index contributed by atoms with van der Waals surface area (Å²) < 4.78 is 35.2. The molecule has 4 aliphatic rings. The van der Waals surface area contributed by atoms with Gasteiger partial charge in [-0.3, -0.25) is 29.2 Å². The standard InChI is InChI=1S/C40H42F2N10O5/c41-35(42)23-57-34-18-31-26(17-32(34)45-38(54)30-19-44-51-11-1-10-43-37(30)51)22-52(47-31)27-8-12-48(13-9-27)20-24-6-14-49(15-7-24)28-2-3-29-25(16-28)21-50(40(29)56)33-4-5-36(53)46-39(33)55/h1-3,10-11,16-19,22,24,27,33,35H,4-9,12-15,20-21,23H2,(H,45,54)(H,46,53,55). The van der Waals surface area contributed by atoms with Gasteiger partial charge in [-0.25, -0.2) is 18.3 Å². The summed E-state index contributed by atoms with van der Waals surface area (Å²) in [6.45, 7) is 4.28. The molecule has 2 aromatic carbocycles. The van der Waals surface area contributed by atoms with E-state index in [9.17, 15) is 28.0 Å². The fraction of sp³-hybridized carbons (Fsp3) is 0.425. The van der Waals surface area contributed by atoms with E-state index < -0.39 is 30.9 Å². The first-order valence-electron chi connectivity index (χ1n) is 19.5. The maximum Gasteiger partial charge on any atom is 0.272 e. The van der Waals surface area contributed by atoms with Gasteiger partial charge < -0.3 is 24.8 Å². The van der Waals surface area contributed by atoms with Gasteiger partial charge in [0.2, 0.25) is 11.8 Å². The summed E-state index contributed by atoms with van der Waals surface area (Å²) in [5.74, 6) is -0.666. The van der Waals surface area contributed by atoms with Gasteiger partial charge in [-0.1, -0.05) is 0 Å². The Balaban J connectivity index is 0.793. The number of amides is 4. The molecule has 1 unspecified atom stereocenters. The zero-order chi connectivity index (χ0) is 39.2. The van der Waals surface area contributed by atoms with Crippen molar-refractivity contribution >= 4 is 51.6 Å². The van der Waals surface area contributed by atoms with E-state index in [0.717, 1.165) is 75.0 Å². The summed E-state index contributed by atoms with van der Waals surface area (Å²) in [6.07, 6.45) is 8.43. The van der Waals surface area contributed by atoms with Gasteiger partial charge in [0.1, 0.15) is 24.0 Å². The number of piperidine rings is 3. The lowest BCUT2D eigenvalue weighted by molar-refractivity contribution is -0.136. The number of hydrogen-bond acceptors (Lipinski definition) is 10. The fourth-order valence-corrected chi connectivity index (χ4v) is 8.67. The van der Waals surface area contributed by atoms with Crippen molar-refractivity contribution in [3.05, 3.63) is 77.9 Å². The van der Waals surface area contributed by atoms with Gasteiger partial charge in [-0.05, 0) is 73.9 Å². The lowest BCUT2D eigenvalue weighted by Crippen LogP contribution is -2.52. The van der Waals surface area contributed by atoms with Gasteiger partial charge >= 0.3 is 0 Å². The van der Waals surface area contributed by atoms with Gasteiger partial charge in [0, 0.05) is 87.0 Å². The van der Waals surface area contributed by atoms with Crippen molar-refractivity contribution in [2.24, 2.45) is 5.92 Å². The van der Waals surface area contributed by atoms with E-state index in [1.807, 2.05) is 23.0 Å². The summed E-state index contributed by atoms with van der Waals surface area (Å²) >= 11 is 0. The van der Waals surface area contributed by atoms with E-state index in [2.05, 4.69) is 36.6 Å². The molecule has 3 aromatic heterocycles. The molecule has 7 heterocycles. The first kappa shape index (κ1) is 36.7. The van der Waals surface area contributed by atoms with Crippen molar-refractivity contribution in [2.75, 3.05) is 49.5 Å². The molecular formula is C40H42F2N10O5. The molecule has 1 atom stereocenters. The minimum atomic E-state index is -2.69. The number of halogens is 2. The quantitative estimate of drug-likeness (QED) is 0.196. The van der Waals surface area contributed by atoms with Gasteiger partial charge in [-0.15, -0.1) is 0 Å². The van der Waals surface area contributed by atoms with E-state index in [1.54, 1.807) is 35.5 Å². The first-order chi connectivity index (χ1) is 27.7. The van der Waals surface area contributed by atoms with Crippen LogP contribution in [0.25, 0.3) is 16.6 Å². The van der Waals surface area contributed by atoms with Gasteiger partial charge in [0.25, 0.3) is 18.2 Å². The average molecular weight is 781 g/mol. The highest BCUT2D eigenvalue weighted by atomic mass is 19.3. The van der Waals surface area contributed by atoms with Crippen molar-refractivity contribution in [1.82, 2.24) is 39.5 Å². The molecule has 0 spiro atoms. The van der Waals surface area contributed by atoms with Crippen LogP contribution in [0, 0.1) is 5.92 Å². The molecule has 0 aliphatic carbocycles. The number of anilines is 2. The van der Waals surface area contributed by atoms with E-state index in [4.69, 9.17) is 9.84 Å². The normalized spacial score (nSPS) is 19.8. The van der Waals surface area contributed by atoms with Crippen LogP contribution in [-0.4, -0.2) is 110 Å². The maximum absolute atomic E-state index is 13.3. The monoisotopic (exact) mass is 780 g/mol. The van der Waals surface area contributed by atoms with E-state index in [-0.39, 0.29) is 41.3 Å².